The van der Waals surface area contributed by atoms with E-state index >= 15 is 0 Å². The number of benzene rings is 1. The highest BCUT2D eigenvalue weighted by Gasteiger charge is 2.25. The van der Waals surface area contributed by atoms with Crippen LogP contribution in [0.25, 0.3) is 0 Å². The summed E-state index contributed by atoms with van der Waals surface area (Å²) in [6.45, 7) is 3.42. The van der Waals surface area contributed by atoms with Crippen LogP contribution in [0.2, 0.25) is 0 Å². The van der Waals surface area contributed by atoms with Gasteiger partial charge in [-0.3, -0.25) is 9.10 Å². The molecule has 3 rings (SSSR count). The first kappa shape index (κ1) is 19.0. The standard InChI is InChI=1S/C19H29N3O3S/c1-26(24,25)22(16-19(23)21-14-6-3-7-15-21)18-10-8-17(9-11-18)20-12-4-2-5-13-20/h8-11H,2-7,12-16H2,1H3. The lowest BCUT2D eigenvalue weighted by Gasteiger charge is -2.31. The number of hydrogen-bond donors (Lipinski definition) is 0. The molecule has 1 amide bonds. The smallest absolute Gasteiger partial charge is 0.243 e. The molecule has 1 aromatic rings. The Balaban J connectivity index is 1.74. The maximum atomic E-state index is 12.6. The Morgan fingerprint density at radius 1 is 0.923 bits per heavy atom. The maximum absolute atomic E-state index is 12.6. The number of anilines is 2. The Labute approximate surface area is 156 Å². The van der Waals surface area contributed by atoms with Gasteiger partial charge in [0.2, 0.25) is 15.9 Å². The fourth-order valence-corrected chi connectivity index (χ4v) is 4.60. The van der Waals surface area contributed by atoms with E-state index in [0.717, 1.165) is 57.4 Å². The summed E-state index contributed by atoms with van der Waals surface area (Å²) in [5.74, 6) is -0.116. The van der Waals surface area contributed by atoms with Crippen LogP contribution < -0.4 is 9.21 Å². The minimum Gasteiger partial charge on any atom is -0.372 e. The fourth-order valence-electron chi connectivity index (χ4n) is 3.75. The van der Waals surface area contributed by atoms with Crippen LogP contribution in [0.15, 0.2) is 24.3 Å². The van der Waals surface area contributed by atoms with Gasteiger partial charge in [0.15, 0.2) is 0 Å². The predicted molar refractivity (Wildman–Crippen MR) is 105 cm³/mol. The summed E-state index contributed by atoms with van der Waals surface area (Å²) in [6, 6.07) is 7.55. The van der Waals surface area contributed by atoms with Gasteiger partial charge in [0, 0.05) is 31.9 Å². The maximum Gasteiger partial charge on any atom is 0.243 e. The molecule has 0 aliphatic carbocycles. The highest BCUT2D eigenvalue weighted by molar-refractivity contribution is 7.92. The molecule has 144 valence electrons. The third kappa shape index (κ3) is 4.69. The van der Waals surface area contributed by atoms with Gasteiger partial charge >= 0.3 is 0 Å². The summed E-state index contributed by atoms with van der Waals surface area (Å²) in [6.07, 6.45) is 7.95. The summed E-state index contributed by atoms with van der Waals surface area (Å²) >= 11 is 0. The number of amides is 1. The number of sulfonamides is 1. The van der Waals surface area contributed by atoms with Gasteiger partial charge < -0.3 is 9.80 Å². The van der Waals surface area contributed by atoms with Crippen molar-refractivity contribution in [3.8, 4) is 0 Å². The zero-order valence-electron chi connectivity index (χ0n) is 15.6. The van der Waals surface area contributed by atoms with Crippen molar-refractivity contribution in [2.45, 2.75) is 38.5 Å². The van der Waals surface area contributed by atoms with E-state index < -0.39 is 10.0 Å². The molecular weight excluding hydrogens is 350 g/mol. The third-order valence-corrected chi connectivity index (χ3v) is 6.39. The van der Waals surface area contributed by atoms with E-state index in [-0.39, 0.29) is 12.5 Å². The lowest BCUT2D eigenvalue weighted by Crippen LogP contribution is -2.44. The van der Waals surface area contributed by atoms with Crippen molar-refractivity contribution in [2.24, 2.45) is 0 Å². The van der Waals surface area contributed by atoms with E-state index in [0.29, 0.717) is 5.69 Å². The molecule has 2 fully saturated rings. The van der Waals surface area contributed by atoms with Crippen LogP contribution in [-0.2, 0) is 14.8 Å². The van der Waals surface area contributed by atoms with E-state index in [9.17, 15) is 13.2 Å². The number of rotatable bonds is 5. The first-order valence-electron chi connectivity index (χ1n) is 9.56. The highest BCUT2D eigenvalue weighted by Crippen LogP contribution is 2.25. The lowest BCUT2D eigenvalue weighted by atomic mass is 10.1. The zero-order valence-corrected chi connectivity index (χ0v) is 16.4. The molecule has 6 nitrogen and oxygen atoms in total. The minimum absolute atomic E-state index is 0.116. The number of carbonyl (C=O) groups excluding carboxylic acids is 1. The molecule has 0 unspecified atom stereocenters. The highest BCUT2D eigenvalue weighted by atomic mass is 32.2. The van der Waals surface area contributed by atoms with Gasteiger partial charge in [-0.2, -0.15) is 0 Å². The summed E-state index contributed by atoms with van der Waals surface area (Å²) in [7, 11) is -3.52. The quantitative estimate of drug-likeness (QED) is 0.788. The van der Waals surface area contributed by atoms with E-state index in [2.05, 4.69) is 4.90 Å². The second-order valence-corrected chi connectivity index (χ2v) is 9.18. The minimum atomic E-state index is -3.52. The van der Waals surface area contributed by atoms with Crippen LogP contribution >= 0.6 is 0 Å². The summed E-state index contributed by atoms with van der Waals surface area (Å²) in [5.41, 5.74) is 1.67. The fraction of sp³-hybridized carbons (Fsp3) is 0.632. The van der Waals surface area contributed by atoms with Crippen molar-refractivity contribution in [2.75, 3.05) is 48.2 Å². The molecular formula is C19H29N3O3S. The van der Waals surface area contributed by atoms with Gasteiger partial charge in [0.1, 0.15) is 6.54 Å². The number of nitrogens with zero attached hydrogens (tertiary/aromatic N) is 3. The third-order valence-electron chi connectivity index (χ3n) is 5.25. The number of carbonyl (C=O) groups is 1. The summed E-state index contributed by atoms with van der Waals surface area (Å²) in [4.78, 5) is 16.7. The Hall–Kier alpha value is -1.76. The van der Waals surface area contributed by atoms with E-state index in [1.54, 1.807) is 4.90 Å². The molecule has 1 aromatic carbocycles. The first-order valence-corrected chi connectivity index (χ1v) is 11.4. The Morgan fingerprint density at radius 3 is 2.00 bits per heavy atom. The molecule has 2 aliphatic rings. The van der Waals surface area contributed by atoms with Crippen molar-refractivity contribution in [3.63, 3.8) is 0 Å². The van der Waals surface area contributed by atoms with Crippen LogP contribution in [0.3, 0.4) is 0 Å². The molecule has 2 aliphatic heterocycles. The second-order valence-electron chi connectivity index (χ2n) is 7.28. The molecule has 0 radical (unpaired) electrons. The van der Waals surface area contributed by atoms with Crippen LogP contribution in [0.4, 0.5) is 11.4 Å². The molecule has 0 atom stereocenters. The Bertz CT molecular complexity index is 706. The van der Waals surface area contributed by atoms with Gasteiger partial charge in [-0.05, 0) is 62.8 Å². The molecule has 0 N–H and O–H groups in total. The molecule has 0 saturated carbocycles. The topological polar surface area (TPSA) is 60.9 Å². The SMILES string of the molecule is CS(=O)(=O)N(CC(=O)N1CCCCC1)c1ccc(N2CCCCC2)cc1. The van der Waals surface area contributed by atoms with Crippen molar-refractivity contribution in [1.82, 2.24) is 4.90 Å². The zero-order chi connectivity index (χ0) is 18.6. The van der Waals surface area contributed by atoms with Crippen LogP contribution in [0.5, 0.6) is 0 Å². The van der Waals surface area contributed by atoms with Crippen LogP contribution in [-0.4, -0.2) is 58.2 Å². The van der Waals surface area contributed by atoms with Crippen molar-refractivity contribution >= 4 is 27.3 Å². The Morgan fingerprint density at radius 2 is 1.46 bits per heavy atom. The summed E-state index contributed by atoms with van der Waals surface area (Å²) in [5, 5.41) is 0. The predicted octanol–water partition coefficient (Wildman–Crippen LogP) is 2.46. The van der Waals surface area contributed by atoms with E-state index in [1.807, 2.05) is 24.3 Å². The average molecular weight is 380 g/mol. The number of likely N-dealkylation sites (tertiary alicyclic amines) is 1. The largest absolute Gasteiger partial charge is 0.372 e. The van der Waals surface area contributed by atoms with Crippen LogP contribution in [0.1, 0.15) is 38.5 Å². The van der Waals surface area contributed by atoms with Crippen molar-refractivity contribution in [3.05, 3.63) is 24.3 Å². The average Bonchev–Trinajstić information content (AvgIpc) is 2.66. The Kier molecular flexibility index (Phi) is 6.06. The van der Waals surface area contributed by atoms with Gasteiger partial charge in [0.05, 0.1) is 11.9 Å². The molecule has 26 heavy (non-hydrogen) atoms. The molecule has 7 heteroatoms. The number of piperidine rings is 2. The molecule has 0 aromatic heterocycles. The second kappa shape index (κ2) is 8.29. The van der Waals surface area contributed by atoms with E-state index in [1.165, 1.54) is 23.6 Å². The lowest BCUT2D eigenvalue weighted by molar-refractivity contribution is -0.130. The molecule has 0 bridgehead atoms. The molecule has 2 heterocycles. The summed E-state index contributed by atoms with van der Waals surface area (Å²) < 4.78 is 25.8. The normalized spacial score (nSPS) is 18.7. The van der Waals surface area contributed by atoms with Gasteiger partial charge in [0.25, 0.3) is 0 Å². The monoisotopic (exact) mass is 379 g/mol. The van der Waals surface area contributed by atoms with Crippen molar-refractivity contribution in [1.29, 1.82) is 0 Å². The van der Waals surface area contributed by atoms with Crippen LogP contribution in [0, 0.1) is 0 Å². The van der Waals surface area contributed by atoms with Gasteiger partial charge in [-0.15, -0.1) is 0 Å². The molecule has 0 spiro atoms. The van der Waals surface area contributed by atoms with Crippen molar-refractivity contribution < 1.29 is 13.2 Å². The van der Waals surface area contributed by atoms with Gasteiger partial charge in [-0.1, -0.05) is 0 Å². The van der Waals surface area contributed by atoms with E-state index in [4.69, 9.17) is 0 Å². The first-order chi connectivity index (χ1) is 12.4. The number of hydrogen-bond acceptors (Lipinski definition) is 4. The molecule has 2 saturated heterocycles. The van der Waals surface area contributed by atoms with Gasteiger partial charge in [-0.25, -0.2) is 8.42 Å².